The van der Waals surface area contributed by atoms with Crippen LogP contribution in [0.1, 0.15) is 60.3 Å². The predicted octanol–water partition coefficient (Wildman–Crippen LogP) is 2.67. The maximum Gasteiger partial charge on any atom is 0.0219 e. The summed E-state index contributed by atoms with van der Waals surface area (Å²) >= 11 is 0. The Labute approximate surface area is 191 Å². The standard InChI is InChI=1S/C17H39N5.CH4.2HI/c1-4-9-20-14(2)12-19-10-11-21-15(3)13-22-17-8-6-5-7-16(17)18;;;/h14-17,19-22H,4-13,18H2,1-3H3;1H4;2*1H/t14-,15-,16+,17+;;;/m0.../s1. The van der Waals surface area contributed by atoms with Crippen LogP contribution in [0.3, 0.4) is 0 Å². The van der Waals surface area contributed by atoms with Gasteiger partial charge in [-0.25, -0.2) is 0 Å². The molecule has 0 unspecified atom stereocenters. The second-order valence-corrected chi connectivity index (χ2v) is 6.88. The van der Waals surface area contributed by atoms with E-state index < -0.39 is 0 Å². The number of hydrogen-bond acceptors (Lipinski definition) is 5. The van der Waals surface area contributed by atoms with Crippen molar-refractivity contribution in [3.8, 4) is 0 Å². The lowest BCUT2D eigenvalue weighted by molar-refractivity contribution is 0.317. The lowest BCUT2D eigenvalue weighted by Gasteiger charge is -2.30. The molecule has 1 rings (SSSR count). The summed E-state index contributed by atoms with van der Waals surface area (Å²) in [5.74, 6) is 0. The van der Waals surface area contributed by atoms with Gasteiger partial charge in [-0.1, -0.05) is 27.2 Å². The Morgan fingerprint density at radius 1 is 0.920 bits per heavy atom. The maximum atomic E-state index is 6.17. The van der Waals surface area contributed by atoms with Gasteiger partial charge in [0, 0.05) is 50.3 Å². The molecule has 156 valence electrons. The molecule has 0 bridgehead atoms. The van der Waals surface area contributed by atoms with E-state index in [1.54, 1.807) is 0 Å². The number of halogens is 2. The molecule has 0 aromatic heterocycles. The molecule has 7 heteroatoms. The fourth-order valence-corrected chi connectivity index (χ4v) is 3.00. The van der Waals surface area contributed by atoms with Crippen LogP contribution in [0.2, 0.25) is 0 Å². The Balaban J connectivity index is -0.00000161. The van der Waals surface area contributed by atoms with E-state index in [0.717, 1.165) is 32.7 Å². The van der Waals surface area contributed by atoms with E-state index in [4.69, 9.17) is 5.73 Å². The molecule has 0 spiro atoms. The summed E-state index contributed by atoms with van der Waals surface area (Å²) in [5, 5.41) is 14.2. The molecular weight excluding hydrogens is 540 g/mol. The second-order valence-electron chi connectivity index (χ2n) is 6.88. The van der Waals surface area contributed by atoms with Crippen molar-refractivity contribution in [3.05, 3.63) is 0 Å². The van der Waals surface area contributed by atoms with Crippen LogP contribution in [0.15, 0.2) is 0 Å². The molecule has 5 nitrogen and oxygen atoms in total. The van der Waals surface area contributed by atoms with Crippen LogP contribution in [0, 0.1) is 0 Å². The molecule has 1 aliphatic carbocycles. The minimum Gasteiger partial charge on any atom is -0.326 e. The quantitative estimate of drug-likeness (QED) is 0.180. The number of nitrogens with one attached hydrogen (secondary N) is 4. The van der Waals surface area contributed by atoms with Gasteiger partial charge in [0.2, 0.25) is 0 Å². The highest BCUT2D eigenvalue weighted by atomic mass is 127. The fraction of sp³-hybridized carbons (Fsp3) is 1.00. The Morgan fingerprint density at radius 2 is 1.52 bits per heavy atom. The first-order valence-corrected chi connectivity index (χ1v) is 9.30. The molecule has 0 heterocycles. The zero-order valence-electron chi connectivity index (χ0n) is 15.8. The van der Waals surface area contributed by atoms with Gasteiger partial charge in [-0.05, 0) is 39.7 Å². The van der Waals surface area contributed by atoms with Crippen LogP contribution < -0.4 is 27.0 Å². The van der Waals surface area contributed by atoms with Gasteiger partial charge in [0.05, 0.1) is 0 Å². The number of rotatable bonds is 12. The number of nitrogens with two attached hydrogens (primary N) is 1. The largest absolute Gasteiger partial charge is 0.326 e. The van der Waals surface area contributed by atoms with Gasteiger partial charge in [-0.15, -0.1) is 48.0 Å². The molecule has 1 aliphatic rings. The third-order valence-electron chi connectivity index (χ3n) is 4.49. The van der Waals surface area contributed by atoms with Crippen molar-refractivity contribution in [1.82, 2.24) is 21.3 Å². The van der Waals surface area contributed by atoms with Gasteiger partial charge in [0.1, 0.15) is 0 Å². The van der Waals surface area contributed by atoms with Gasteiger partial charge in [-0.3, -0.25) is 0 Å². The van der Waals surface area contributed by atoms with Gasteiger partial charge >= 0.3 is 0 Å². The second kappa shape index (κ2) is 20.0. The van der Waals surface area contributed by atoms with E-state index in [9.17, 15) is 0 Å². The third-order valence-corrected chi connectivity index (χ3v) is 4.49. The van der Waals surface area contributed by atoms with Crippen molar-refractivity contribution >= 4 is 48.0 Å². The normalized spacial score (nSPS) is 22.1. The highest BCUT2D eigenvalue weighted by Gasteiger charge is 2.21. The molecule has 4 atom stereocenters. The average Bonchev–Trinajstić information content (AvgIpc) is 2.51. The molecule has 1 fully saturated rings. The topological polar surface area (TPSA) is 74.1 Å². The molecule has 0 radical (unpaired) electrons. The Hall–Kier alpha value is 1.26. The summed E-state index contributed by atoms with van der Waals surface area (Å²) in [5.41, 5.74) is 6.17. The van der Waals surface area contributed by atoms with E-state index in [1.165, 1.54) is 32.1 Å². The monoisotopic (exact) mass is 585 g/mol. The minimum absolute atomic E-state index is 0. The first-order chi connectivity index (χ1) is 10.6. The van der Waals surface area contributed by atoms with Crippen LogP contribution >= 0.6 is 48.0 Å². The molecule has 25 heavy (non-hydrogen) atoms. The van der Waals surface area contributed by atoms with Gasteiger partial charge in [0.25, 0.3) is 0 Å². The fourth-order valence-electron chi connectivity index (χ4n) is 3.00. The molecule has 0 saturated heterocycles. The van der Waals surface area contributed by atoms with Crippen molar-refractivity contribution in [2.24, 2.45) is 5.73 Å². The SMILES string of the molecule is C.CCCN[C@@H](C)CNCCN[C@@H](C)CN[C@@H]1CCCC[C@H]1N.I.I. The van der Waals surface area contributed by atoms with Gasteiger partial charge < -0.3 is 27.0 Å². The van der Waals surface area contributed by atoms with Crippen LogP contribution in [-0.4, -0.2) is 56.9 Å². The molecule has 1 saturated carbocycles. The lowest BCUT2D eigenvalue weighted by atomic mass is 9.91. The van der Waals surface area contributed by atoms with Crippen molar-refractivity contribution in [2.45, 2.75) is 84.5 Å². The maximum absolute atomic E-state index is 6.17. The molecule has 0 amide bonds. The summed E-state index contributed by atoms with van der Waals surface area (Å²) in [4.78, 5) is 0. The smallest absolute Gasteiger partial charge is 0.0219 e. The molecule has 6 N–H and O–H groups in total. The van der Waals surface area contributed by atoms with E-state index in [2.05, 4.69) is 42.0 Å². The van der Waals surface area contributed by atoms with Crippen LogP contribution in [-0.2, 0) is 0 Å². The first-order valence-electron chi connectivity index (χ1n) is 9.30. The predicted molar refractivity (Wildman–Crippen MR) is 134 cm³/mol. The minimum atomic E-state index is 0. The van der Waals surface area contributed by atoms with Crippen molar-refractivity contribution in [3.63, 3.8) is 0 Å². The van der Waals surface area contributed by atoms with Crippen molar-refractivity contribution in [2.75, 3.05) is 32.7 Å². The zero-order chi connectivity index (χ0) is 16.2. The summed E-state index contributed by atoms with van der Waals surface area (Å²) in [6.07, 6.45) is 6.22. The molecule has 0 aromatic rings. The van der Waals surface area contributed by atoms with E-state index in [1.807, 2.05) is 0 Å². The van der Waals surface area contributed by atoms with Crippen LogP contribution in [0.4, 0.5) is 0 Å². The summed E-state index contributed by atoms with van der Waals surface area (Å²) < 4.78 is 0. The molecular formula is C18H45I2N5. The van der Waals surface area contributed by atoms with Gasteiger partial charge in [0.15, 0.2) is 0 Å². The summed E-state index contributed by atoms with van der Waals surface area (Å²) in [6.45, 7) is 11.9. The Morgan fingerprint density at radius 3 is 2.16 bits per heavy atom. The van der Waals surface area contributed by atoms with Crippen LogP contribution in [0.25, 0.3) is 0 Å². The Bertz CT molecular complexity index is 272. The van der Waals surface area contributed by atoms with E-state index in [0.29, 0.717) is 24.2 Å². The zero-order valence-corrected chi connectivity index (χ0v) is 20.4. The average molecular weight is 585 g/mol. The van der Waals surface area contributed by atoms with Crippen molar-refractivity contribution < 1.29 is 0 Å². The number of hydrogen-bond donors (Lipinski definition) is 5. The van der Waals surface area contributed by atoms with Gasteiger partial charge in [-0.2, -0.15) is 0 Å². The first kappa shape index (κ1) is 31.0. The molecule has 0 aliphatic heterocycles. The lowest BCUT2D eigenvalue weighted by Crippen LogP contribution is -2.51. The highest BCUT2D eigenvalue weighted by Crippen LogP contribution is 2.16. The third kappa shape index (κ3) is 16.0. The Kier molecular flexibility index (Phi) is 24.8. The van der Waals surface area contributed by atoms with Crippen molar-refractivity contribution in [1.29, 1.82) is 0 Å². The van der Waals surface area contributed by atoms with Crippen LogP contribution in [0.5, 0.6) is 0 Å². The van der Waals surface area contributed by atoms with E-state index in [-0.39, 0.29) is 55.4 Å². The molecule has 0 aromatic carbocycles. The summed E-state index contributed by atoms with van der Waals surface area (Å²) in [6, 6.07) is 1.90. The highest BCUT2D eigenvalue weighted by molar-refractivity contribution is 14.0. The van der Waals surface area contributed by atoms with E-state index >= 15 is 0 Å². The summed E-state index contributed by atoms with van der Waals surface area (Å²) in [7, 11) is 0.